The molecule has 0 aliphatic carbocycles. The molecule has 0 spiro atoms. The Balaban J connectivity index is 2.90. The second-order valence-corrected chi connectivity index (χ2v) is 6.12. The fourth-order valence-corrected chi connectivity index (χ4v) is 2.66. The molecule has 1 saturated heterocycles. The lowest BCUT2D eigenvalue weighted by molar-refractivity contribution is -0.157. The van der Waals surface area contributed by atoms with Crippen LogP contribution in [0.1, 0.15) is 53.9 Å². The Morgan fingerprint density at radius 1 is 1.29 bits per heavy atom. The Labute approximate surface area is 128 Å². The number of hydrogen-bond donors (Lipinski definition) is 1. The first-order valence-electron chi connectivity index (χ1n) is 8.12. The van der Waals surface area contributed by atoms with Crippen molar-refractivity contribution in [3.63, 3.8) is 0 Å². The molecule has 122 valence electrons. The van der Waals surface area contributed by atoms with Gasteiger partial charge < -0.3 is 15.0 Å². The molecule has 3 unspecified atom stereocenters. The van der Waals surface area contributed by atoms with Crippen LogP contribution in [0.2, 0.25) is 0 Å². The zero-order valence-corrected chi connectivity index (χ0v) is 14.1. The third-order valence-corrected chi connectivity index (χ3v) is 4.45. The van der Waals surface area contributed by atoms with E-state index in [0.717, 1.165) is 12.8 Å². The average Bonchev–Trinajstić information content (AvgIpc) is 2.47. The maximum atomic E-state index is 12.8. The molecule has 0 aromatic rings. The van der Waals surface area contributed by atoms with Gasteiger partial charge in [-0.25, -0.2) is 0 Å². The molecular weight excluding hydrogens is 268 g/mol. The minimum absolute atomic E-state index is 0.00926. The van der Waals surface area contributed by atoms with Crippen molar-refractivity contribution in [1.82, 2.24) is 10.2 Å². The van der Waals surface area contributed by atoms with Gasteiger partial charge in [-0.05, 0) is 25.7 Å². The molecule has 0 saturated carbocycles. The highest BCUT2D eigenvalue weighted by Crippen LogP contribution is 2.26. The number of nitrogens with one attached hydrogen (secondary N) is 1. The molecule has 3 atom stereocenters. The molecule has 5 heteroatoms. The summed E-state index contributed by atoms with van der Waals surface area (Å²) in [7, 11) is 0. The van der Waals surface area contributed by atoms with Crippen LogP contribution in [0, 0.1) is 5.92 Å². The topological polar surface area (TPSA) is 58.6 Å². The molecule has 21 heavy (non-hydrogen) atoms. The normalized spacial score (nSPS) is 27.7. The molecular formula is C16H30N2O3. The highest BCUT2D eigenvalue weighted by molar-refractivity contribution is 5.99. The van der Waals surface area contributed by atoms with Gasteiger partial charge in [-0.15, -0.1) is 0 Å². The predicted molar refractivity (Wildman–Crippen MR) is 82.9 cm³/mol. The summed E-state index contributed by atoms with van der Waals surface area (Å²) < 4.78 is 5.51. The van der Waals surface area contributed by atoms with E-state index in [1.165, 1.54) is 0 Å². The van der Waals surface area contributed by atoms with Crippen molar-refractivity contribution in [2.24, 2.45) is 5.92 Å². The summed E-state index contributed by atoms with van der Waals surface area (Å²) in [5, 5.41) is 2.92. The van der Waals surface area contributed by atoms with Crippen molar-refractivity contribution in [3.05, 3.63) is 0 Å². The minimum Gasteiger partial charge on any atom is -0.380 e. The quantitative estimate of drug-likeness (QED) is 0.697. The van der Waals surface area contributed by atoms with Gasteiger partial charge in [-0.3, -0.25) is 9.59 Å². The summed E-state index contributed by atoms with van der Waals surface area (Å²) in [5.74, 6) is 0.111. The molecule has 1 aliphatic heterocycles. The minimum atomic E-state index is -0.786. The van der Waals surface area contributed by atoms with Gasteiger partial charge in [-0.1, -0.05) is 34.1 Å². The highest BCUT2D eigenvalue weighted by Gasteiger charge is 2.48. The van der Waals surface area contributed by atoms with Crippen molar-refractivity contribution < 1.29 is 14.3 Å². The van der Waals surface area contributed by atoms with Crippen molar-refractivity contribution in [3.8, 4) is 0 Å². The number of piperazine rings is 1. The number of rotatable bonds is 8. The lowest BCUT2D eigenvalue weighted by Crippen LogP contribution is -2.70. The summed E-state index contributed by atoms with van der Waals surface area (Å²) in [5.41, 5.74) is -0.786. The smallest absolute Gasteiger partial charge is 0.248 e. The third-order valence-electron chi connectivity index (χ3n) is 4.45. The molecule has 1 aliphatic rings. The first-order valence-corrected chi connectivity index (χ1v) is 8.12. The fraction of sp³-hybridized carbons (Fsp3) is 0.875. The number of nitrogens with zero attached hydrogens (tertiary/aromatic N) is 1. The lowest BCUT2D eigenvalue weighted by Gasteiger charge is -2.46. The van der Waals surface area contributed by atoms with E-state index >= 15 is 0 Å². The van der Waals surface area contributed by atoms with Gasteiger partial charge in [0.25, 0.3) is 0 Å². The number of carbonyl (C=O) groups is 2. The molecule has 5 nitrogen and oxygen atoms in total. The van der Waals surface area contributed by atoms with E-state index < -0.39 is 5.54 Å². The molecule has 1 fully saturated rings. The SMILES string of the molecule is CCCOCCN1C(=O)C(C)(CC)NC(=O)C1C(C)CC. The fourth-order valence-electron chi connectivity index (χ4n) is 2.66. The van der Waals surface area contributed by atoms with E-state index in [-0.39, 0.29) is 23.8 Å². The van der Waals surface area contributed by atoms with Crippen LogP contribution in [-0.4, -0.2) is 48.1 Å². The zero-order valence-electron chi connectivity index (χ0n) is 14.1. The van der Waals surface area contributed by atoms with Gasteiger partial charge in [0, 0.05) is 13.2 Å². The third kappa shape index (κ3) is 3.96. The molecule has 0 radical (unpaired) electrons. The predicted octanol–water partition coefficient (Wildman–Crippen LogP) is 1.95. The average molecular weight is 298 g/mol. The van der Waals surface area contributed by atoms with Gasteiger partial charge in [-0.2, -0.15) is 0 Å². The largest absolute Gasteiger partial charge is 0.380 e. The summed E-state index contributed by atoms with van der Waals surface area (Å²) in [6, 6.07) is -0.382. The number of hydrogen-bond acceptors (Lipinski definition) is 3. The summed E-state index contributed by atoms with van der Waals surface area (Å²) in [4.78, 5) is 27.0. The van der Waals surface area contributed by atoms with Gasteiger partial charge in [0.15, 0.2) is 0 Å². The van der Waals surface area contributed by atoms with Crippen LogP contribution in [0.25, 0.3) is 0 Å². The Morgan fingerprint density at radius 3 is 2.48 bits per heavy atom. The van der Waals surface area contributed by atoms with E-state index in [2.05, 4.69) is 12.2 Å². The van der Waals surface area contributed by atoms with E-state index in [1.807, 2.05) is 20.8 Å². The van der Waals surface area contributed by atoms with Crippen LogP contribution < -0.4 is 5.32 Å². The van der Waals surface area contributed by atoms with Crippen LogP contribution in [0.15, 0.2) is 0 Å². The summed E-state index contributed by atoms with van der Waals surface area (Å²) in [6.45, 7) is 11.5. The standard InChI is InChI=1S/C16H30N2O3/c1-6-10-21-11-9-18-13(12(4)7-2)14(19)17-16(5,8-3)15(18)20/h12-13H,6-11H2,1-5H3,(H,17,19). The van der Waals surface area contributed by atoms with Crippen LogP contribution in [0.3, 0.4) is 0 Å². The lowest BCUT2D eigenvalue weighted by atomic mass is 9.87. The van der Waals surface area contributed by atoms with Crippen molar-refractivity contribution in [1.29, 1.82) is 0 Å². The number of amides is 2. The first-order chi connectivity index (χ1) is 9.91. The van der Waals surface area contributed by atoms with Gasteiger partial charge in [0.1, 0.15) is 11.6 Å². The van der Waals surface area contributed by atoms with Gasteiger partial charge in [0.2, 0.25) is 11.8 Å². The van der Waals surface area contributed by atoms with E-state index in [4.69, 9.17) is 4.74 Å². The second kappa shape index (κ2) is 7.78. The first kappa shape index (κ1) is 18.0. The molecule has 0 aromatic heterocycles. The number of ether oxygens (including phenoxy) is 1. The van der Waals surface area contributed by atoms with E-state index in [0.29, 0.717) is 26.2 Å². The second-order valence-electron chi connectivity index (χ2n) is 6.12. The van der Waals surface area contributed by atoms with Crippen molar-refractivity contribution in [2.45, 2.75) is 65.5 Å². The molecule has 1 rings (SSSR count). The van der Waals surface area contributed by atoms with Crippen LogP contribution in [0.5, 0.6) is 0 Å². The van der Waals surface area contributed by atoms with Gasteiger partial charge >= 0.3 is 0 Å². The van der Waals surface area contributed by atoms with Crippen molar-refractivity contribution in [2.75, 3.05) is 19.8 Å². The molecule has 0 bridgehead atoms. The van der Waals surface area contributed by atoms with Crippen LogP contribution in [-0.2, 0) is 14.3 Å². The zero-order chi connectivity index (χ0) is 16.0. The monoisotopic (exact) mass is 298 g/mol. The molecule has 1 heterocycles. The summed E-state index contributed by atoms with van der Waals surface area (Å²) >= 11 is 0. The highest BCUT2D eigenvalue weighted by atomic mass is 16.5. The number of carbonyl (C=O) groups excluding carboxylic acids is 2. The van der Waals surface area contributed by atoms with E-state index in [9.17, 15) is 9.59 Å². The van der Waals surface area contributed by atoms with Crippen LogP contribution in [0.4, 0.5) is 0 Å². The molecule has 0 aromatic carbocycles. The Bertz CT molecular complexity index is 373. The Morgan fingerprint density at radius 2 is 1.95 bits per heavy atom. The van der Waals surface area contributed by atoms with Gasteiger partial charge in [0.05, 0.1) is 6.61 Å². The van der Waals surface area contributed by atoms with Crippen LogP contribution >= 0.6 is 0 Å². The Kier molecular flexibility index (Phi) is 6.65. The maximum absolute atomic E-state index is 12.8. The van der Waals surface area contributed by atoms with Crippen molar-refractivity contribution >= 4 is 11.8 Å². The summed E-state index contributed by atoms with van der Waals surface area (Å²) in [6.07, 6.45) is 2.41. The Hall–Kier alpha value is -1.10. The molecule has 1 N–H and O–H groups in total. The van der Waals surface area contributed by atoms with E-state index in [1.54, 1.807) is 11.8 Å². The molecule has 2 amide bonds. The maximum Gasteiger partial charge on any atom is 0.248 e.